The SMILES string of the molecule is CC(=O)C(C)Sc1nnc(Nc2ccccc2F)s1. The Kier molecular flexibility index (Phi) is 4.49. The number of rotatable bonds is 5. The number of aromatic nitrogens is 2. The van der Waals surface area contributed by atoms with Crippen LogP contribution in [0.2, 0.25) is 0 Å². The molecule has 0 aliphatic heterocycles. The summed E-state index contributed by atoms with van der Waals surface area (Å²) in [5.41, 5.74) is 0.356. The van der Waals surface area contributed by atoms with Crippen molar-refractivity contribution in [3.8, 4) is 0 Å². The van der Waals surface area contributed by atoms with Gasteiger partial charge in [-0.15, -0.1) is 10.2 Å². The Morgan fingerprint density at radius 1 is 1.42 bits per heavy atom. The molecule has 2 rings (SSSR count). The molecule has 4 nitrogen and oxygen atoms in total. The molecular weight excluding hydrogens is 285 g/mol. The summed E-state index contributed by atoms with van der Waals surface area (Å²) in [6.07, 6.45) is 0. The number of nitrogens with one attached hydrogen (secondary N) is 1. The van der Waals surface area contributed by atoms with E-state index in [1.165, 1.54) is 36.1 Å². The van der Waals surface area contributed by atoms with Gasteiger partial charge in [-0.1, -0.05) is 35.2 Å². The lowest BCUT2D eigenvalue weighted by Crippen LogP contribution is -2.07. The van der Waals surface area contributed by atoms with Crippen molar-refractivity contribution in [3.63, 3.8) is 0 Å². The lowest BCUT2D eigenvalue weighted by molar-refractivity contribution is -0.116. The minimum absolute atomic E-state index is 0.0869. The molecule has 1 unspecified atom stereocenters. The summed E-state index contributed by atoms with van der Waals surface area (Å²) < 4.78 is 14.1. The first-order valence-corrected chi connectivity index (χ1v) is 7.28. The summed E-state index contributed by atoms with van der Waals surface area (Å²) in [6.45, 7) is 3.36. The second-order valence-electron chi connectivity index (χ2n) is 3.85. The number of thioether (sulfide) groups is 1. The van der Waals surface area contributed by atoms with Gasteiger partial charge in [-0.3, -0.25) is 4.79 Å². The van der Waals surface area contributed by atoms with Crippen LogP contribution in [0.1, 0.15) is 13.8 Å². The molecule has 0 aliphatic carbocycles. The van der Waals surface area contributed by atoms with Gasteiger partial charge in [-0.2, -0.15) is 0 Å². The van der Waals surface area contributed by atoms with E-state index in [0.717, 1.165) is 0 Å². The van der Waals surface area contributed by atoms with Crippen LogP contribution in [-0.2, 0) is 4.79 Å². The fraction of sp³-hybridized carbons (Fsp3) is 0.250. The van der Waals surface area contributed by atoms with Crippen molar-refractivity contribution in [1.82, 2.24) is 10.2 Å². The number of ketones is 1. The molecule has 7 heteroatoms. The highest BCUT2D eigenvalue weighted by Gasteiger charge is 2.13. The van der Waals surface area contributed by atoms with Gasteiger partial charge >= 0.3 is 0 Å². The predicted molar refractivity (Wildman–Crippen MR) is 75.6 cm³/mol. The minimum atomic E-state index is -0.344. The molecule has 0 radical (unpaired) electrons. The summed E-state index contributed by atoms with van der Waals surface area (Å²) in [6, 6.07) is 6.36. The number of halogens is 1. The molecule has 0 bridgehead atoms. The highest BCUT2D eigenvalue weighted by atomic mass is 32.2. The molecule has 0 saturated carbocycles. The second kappa shape index (κ2) is 6.12. The van der Waals surface area contributed by atoms with E-state index in [1.807, 2.05) is 6.92 Å². The number of hydrogen-bond acceptors (Lipinski definition) is 6. The Balaban J connectivity index is 2.06. The van der Waals surface area contributed by atoms with Crippen molar-refractivity contribution in [2.45, 2.75) is 23.4 Å². The number of anilines is 2. The average molecular weight is 297 g/mol. The highest BCUT2D eigenvalue weighted by molar-refractivity contribution is 8.02. The van der Waals surface area contributed by atoms with E-state index in [1.54, 1.807) is 18.2 Å². The van der Waals surface area contributed by atoms with Gasteiger partial charge in [0.1, 0.15) is 11.6 Å². The van der Waals surface area contributed by atoms with Crippen molar-refractivity contribution in [2.24, 2.45) is 0 Å². The monoisotopic (exact) mass is 297 g/mol. The number of Topliss-reactive ketones (excluding diaryl/α,β-unsaturated/α-hetero) is 1. The second-order valence-corrected chi connectivity index (χ2v) is 6.41. The number of hydrogen-bond donors (Lipinski definition) is 1. The molecule has 0 spiro atoms. The third kappa shape index (κ3) is 3.74. The number of carbonyl (C=O) groups excluding carboxylic acids is 1. The van der Waals surface area contributed by atoms with E-state index in [2.05, 4.69) is 15.5 Å². The van der Waals surface area contributed by atoms with Crippen LogP contribution in [0, 0.1) is 5.82 Å². The molecule has 1 aromatic carbocycles. The average Bonchev–Trinajstić information content (AvgIpc) is 2.79. The van der Waals surface area contributed by atoms with Gasteiger partial charge in [0, 0.05) is 0 Å². The van der Waals surface area contributed by atoms with Gasteiger partial charge in [0.15, 0.2) is 4.34 Å². The molecule has 0 fully saturated rings. The van der Waals surface area contributed by atoms with Crippen LogP contribution < -0.4 is 5.32 Å². The third-order valence-electron chi connectivity index (χ3n) is 2.37. The zero-order chi connectivity index (χ0) is 13.8. The summed E-state index contributed by atoms with van der Waals surface area (Å²) in [5, 5.41) is 11.1. The van der Waals surface area contributed by atoms with Crippen molar-refractivity contribution in [3.05, 3.63) is 30.1 Å². The largest absolute Gasteiger partial charge is 0.328 e. The molecule has 0 aliphatic rings. The number of benzene rings is 1. The van der Waals surface area contributed by atoms with Crippen LogP contribution in [0.5, 0.6) is 0 Å². The lowest BCUT2D eigenvalue weighted by Gasteiger charge is -2.03. The first-order chi connectivity index (χ1) is 9.06. The van der Waals surface area contributed by atoms with Crippen LogP contribution in [0.3, 0.4) is 0 Å². The summed E-state index contributed by atoms with van der Waals surface area (Å²) in [4.78, 5) is 11.2. The van der Waals surface area contributed by atoms with Gasteiger partial charge < -0.3 is 5.32 Å². The third-order valence-corrected chi connectivity index (χ3v) is 4.51. The Hall–Kier alpha value is -1.47. The zero-order valence-electron chi connectivity index (χ0n) is 10.4. The zero-order valence-corrected chi connectivity index (χ0v) is 12.0. The summed E-state index contributed by atoms with van der Waals surface area (Å²) in [7, 11) is 0. The van der Waals surface area contributed by atoms with Crippen LogP contribution in [-0.4, -0.2) is 21.2 Å². The molecule has 19 heavy (non-hydrogen) atoms. The Morgan fingerprint density at radius 3 is 2.84 bits per heavy atom. The molecule has 1 heterocycles. The fourth-order valence-corrected chi connectivity index (χ4v) is 3.13. The first kappa shape index (κ1) is 14.0. The molecule has 100 valence electrons. The van der Waals surface area contributed by atoms with Crippen LogP contribution in [0.4, 0.5) is 15.2 Å². The topological polar surface area (TPSA) is 54.9 Å². The van der Waals surface area contributed by atoms with Gasteiger partial charge in [0.25, 0.3) is 0 Å². The maximum atomic E-state index is 13.4. The van der Waals surface area contributed by atoms with E-state index < -0.39 is 0 Å². The van der Waals surface area contributed by atoms with Crippen molar-refractivity contribution in [1.29, 1.82) is 0 Å². The van der Waals surface area contributed by atoms with Gasteiger partial charge in [-0.05, 0) is 26.0 Å². The summed E-state index contributed by atoms with van der Waals surface area (Å²) in [5.74, 6) is -0.257. The lowest BCUT2D eigenvalue weighted by atomic mass is 10.3. The normalized spacial score (nSPS) is 12.2. The molecule has 0 saturated heterocycles. The Bertz CT molecular complexity index is 588. The van der Waals surface area contributed by atoms with Crippen molar-refractivity contribution in [2.75, 3.05) is 5.32 Å². The maximum Gasteiger partial charge on any atom is 0.210 e. The van der Waals surface area contributed by atoms with Crippen molar-refractivity contribution < 1.29 is 9.18 Å². The Labute approximate surface area is 118 Å². The van der Waals surface area contributed by atoms with Gasteiger partial charge in [-0.25, -0.2) is 4.39 Å². The minimum Gasteiger partial charge on any atom is -0.328 e. The molecule has 2 aromatic rings. The van der Waals surface area contributed by atoms with E-state index >= 15 is 0 Å². The number of carbonyl (C=O) groups is 1. The van der Waals surface area contributed by atoms with E-state index in [9.17, 15) is 9.18 Å². The molecule has 1 N–H and O–H groups in total. The van der Waals surface area contributed by atoms with Crippen molar-refractivity contribution >= 4 is 39.7 Å². The van der Waals surface area contributed by atoms with Crippen LogP contribution in [0.15, 0.2) is 28.6 Å². The van der Waals surface area contributed by atoms with Crippen LogP contribution in [0.25, 0.3) is 0 Å². The molecular formula is C12H12FN3OS2. The summed E-state index contributed by atoms with van der Waals surface area (Å²) >= 11 is 2.64. The van der Waals surface area contributed by atoms with Gasteiger partial charge in [0.2, 0.25) is 5.13 Å². The molecule has 1 aromatic heterocycles. The standard InChI is InChI=1S/C12H12FN3OS2/c1-7(17)8(2)18-12-16-15-11(19-12)14-10-6-4-3-5-9(10)13/h3-6,8H,1-2H3,(H,14,15). The van der Waals surface area contributed by atoms with E-state index in [0.29, 0.717) is 15.2 Å². The highest BCUT2D eigenvalue weighted by Crippen LogP contribution is 2.30. The van der Waals surface area contributed by atoms with E-state index in [4.69, 9.17) is 0 Å². The number of nitrogens with zero attached hydrogens (tertiary/aromatic N) is 2. The quantitative estimate of drug-likeness (QED) is 0.856. The first-order valence-electron chi connectivity index (χ1n) is 5.58. The fourth-order valence-electron chi connectivity index (χ4n) is 1.22. The predicted octanol–water partition coefficient (Wildman–Crippen LogP) is 3.49. The Morgan fingerprint density at radius 2 is 2.16 bits per heavy atom. The van der Waals surface area contributed by atoms with E-state index in [-0.39, 0.29) is 16.9 Å². The van der Waals surface area contributed by atoms with Gasteiger partial charge in [0.05, 0.1) is 10.9 Å². The van der Waals surface area contributed by atoms with Crippen LogP contribution >= 0.6 is 23.1 Å². The molecule has 0 amide bonds. The smallest absolute Gasteiger partial charge is 0.210 e. The maximum absolute atomic E-state index is 13.4. The number of para-hydroxylation sites is 1. The molecule has 1 atom stereocenters.